The summed E-state index contributed by atoms with van der Waals surface area (Å²) in [7, 11) is 0. The largest absolute Gasteiger partial charge is 0.394 e. The van der Waals surface area contributed by atoms with Crippen LogP contribution in [0.3, 0.4) is 0 Å². The van der Waals surface area contributed by atoms with Crippen LogP contribution in [-0.4, -0.2) is 33.2 Å². The van der Waals surface area contributed by atoms with Gasteiger partial charge in [0.1, 0.15) is 0 Å². The molecule has 0 aliphatic heterocycles. The minimum atomic E-state index is -0.197. The molecule has 0 spiro atoms. The quantitative estimate of drug-likeness (QED) is 0.825. The van der Waals surface area contributed by atoms with Gasteiger partial charge in [0, 0.05) is 19.0 Å². The number of hydrogen-bond donors (Lipinski definition) is 2. The number of para-hydroxylation sites is 2. The van der Waals surface area contributed by atoms with Gasteiger partial charge in [-0.25, -0.2) is 4.98 Å². The van der Waals surface area contributed by atoms with Gasteiger partial charge in [0.25, 0.3) is 0 Å². The molecule has 0 unspecified atom stereocenters. The fourth-order valence-corrected chi connectivity index (χ4v) is 1.80. The minimum Gasteiger partial charge on any atom is -0.394 e. The highest BCUT2D eigenvalue weighted by Gasteiger charge is 2.07. The Labute approximate surface area is 105 Å². The van der Waals surface area contributed by atoms with Crippen LogP contribution in [0.15, 0.2) is 30.6 Å². The highest BCUT2D eigenvalue weighted by molar-refractivity contribution is 5.77. The highest BCUT2D eigenvalue weighted by Crippen LogP contribution is 2.11. The third-order valence-corrected chi connectivity index (χ3v) is 2.79. The lowest BCUT2D eigenvalue weighted by Gasteiger charge is -2.11. The zero-order valence-corrected chi connectivity index (χ0v) is 10.3. The maximum Gasteiger partial charge on any atom is 0.222 e. The summed E-state index contributed by atoms with van der Waals surface area (Å²) in [6.07, 6.45) is 2.12. The van der Waals surface area contributed by atoms with E-state index in [4.69, 9.17) is 5.11 Å². The molecule has 18 heavy (non-hydrogen) atoms. The Bertz CT molecular complexity index is 536. The Balaban J connectivity index is 1.96. The predicted molar refractivity (Wildman–Crippen MR) is 69.0 cm³/mol. The molecule has 0 bridgehead atoms. The van der Waals surface area contributed by atoms with Gasteiger partial charge in [0.15, 0.2) is 0 Å². The second-order valence-corrected chi connectivity index (χ2v) is 4.33. The van der Waals surface area contributed by atoms with Gasteiger partial charge in [-0.2, -0.15) is 0 Å². The number of aromatic nitrogens is 2. The molecule has 1 amide bonds. The van der Waals surface area contributed by atoms with Crippen molar-refractivity contribution in [2.75, 3.05) is 6.61 Å². The topological polar surface area (TPSA) is 67.2 Å². The fraction of sp³-hybridized carbons (Fsp3) is 0.385. The number of hydrogen-bond acceptors (Lipinski definition) is 3. The van der Waals surface area contributed by atoms with Crippen LogP contribution in [0.4, 0.5) is 0 Å². The Morgan fingerprint density at radius 2 is 2.28 bits per heavy atom. The number of aryl methyl sites for hydroxylation is 1. The number of carbonyl (C=O) groups excluding carboxylic acids is 1. The lowest BCUT2D eigenvalue weighted by atomic mass is 10.3. The van der Waals surface area contributed by atoms with E-state index in [1.54, 1.807) is 13.3 Å². The molecule has 2 rings (SSSR count). The van der Waals surface area contributed by atoms with Crippen LogP contribution >= 0.6 is 0 Å². The van der Waals surface area contributed by atoms with Crippen molar-refractivity contribution in [3.63, 3.8) is 0 Å². The van der Waals surface area contributed by atoms with Gasteiger partial charge in [0.05, 0.1) is 24.0 Å². The van der Waals surface area contributed by atoms with Crippen molar-refractivity contribution in [2.45, 2.75) is 25.9 Å². The molecule has 1 aromatic carbocycles. The van der Waals surface area contributed by atoms with Crippen molar-refractivity contribution in [1.29, 1.82) is 0 Å². The number of amides is 1. The van der Waals surface area contributed by atoms with E-state index in [-0.39, 0.29) is 18.6 Å². The summed E-state index contributed by atoms with van der Waals surface area (Å²) in [6, 6.07) is 7.62. The maximum absolute atomic E-state index is 11.6. The summed E-state index contributed by atoms with van der Waals surface area (Å²) in [5.74, 6) is -0.0608. The number of imidazole rings is 1. The van der Waals surface area contributed by atoms with E-state index in [1.165, 1.54) is 0 Å². The van der Waals surface area contributed by atoms with E-state index in [0.717, 1.165) is 11.0 Å². The van der Waals surface area contributed by atoms with Crippen LogP contribution in [0.5, 0.6) is 0 Å². The van der Waals surface area contributed by atoms with E-state index >= 15 is 0 Å². The molecule has 2 N–H and O–H groups in total. The molecular formula is C13H17N3O2. The normalized spacial score (nSPS) is 12.6. The van der Waals surface area contributed by atoms with Gasteiger partial charge in [0.2, 0.25) is 5.91 Å². The summed E-state index contributed by atoms with van der Waals surface area (Å²) < 4.78 is 1.96. The smallest absolute Gasteiger partial charge is 0.222 e. The van der Waals surface area contributed by atoms with Gasteiger partial charge < -0.3 is 15.0 Å². The number of nitrogens with one attached hydrogen (secondary N) is 1. The minimum absolute atomic E-state index is 0.0419. The van der Waals surface area contributed by atoms with E-state index in [1.807, 2.05) is 28.8 Å². The van der Waals surface area contributed by atoms with Crippen LogP contribution in [-0.2, 0) is 11.3 Å². The summed E-state index contributed by atoms with van der Waals surface area (Å²) in [5, 5.41) is 11.6. The average molecular weight is 247 g/mol. The van der Waals surface area contributed by atoms with Crippen LogP contribution in [0.1, 0.15) is 13.3 Å². The lowest BCUT2D eigenvalue weighted by Crippen LogP contribution is -2.35. The van der Waals surface area contributed by atoms with Crippen molar-refractivity contribution in [3.05, 3.63) is 30.6 Å². The second kappa shape index (κ2) is 5.64. The fourth-order valence-electron chi connectivity index (χ4n) is 1.80. The van der Waals surface area contributed by atoms with Crippen LogP contribution in [0.2, 0.25) is 0 Å². The summed E-state index contributed by atoms with van der Waals surface area (Å²) in [6.45, 7) is 2.31. The highest BCUT2D eigenvalue weighted by atomic mass is 16.3. The first-order valence-electron chi connectivity index (χ1n) is 6.01. The van der Waals surface area contributed by atoms with Gasteiger partial charge in [-0.15, -0.1) is 0 Å². The Morgan fingerprint density at radius 3 is 3.06 bits per heavy atom. The molecule has 0 aliphatic carbocycles. The maximum atomic E-state index is 11.6. The molecule has 1 atom stereocenters. The third-order valence-electron chi connectivity index (χ3n) is 2.79. The average Bonchev–Trinajstić information content (AvgIpc) is 2.79. The van der Waals surface area contributed by atoms with E-state index in [2.05, 4.69) is 10.3 Å². The number of fused-ring (bicyclic) bond motifs is 1. The van der Waals surface area contributed by atoms with Crippen molar-refractivity contribution in [1.82, 2.24) is 14.9 Å². The molecule has 1 heterocycles. The summed E-state index contributed by atoms with van der Waals surface area (Å²) >= 11 is 0. The number of rotatable bonds is 5. The number of carbonyl (C=O) groups is 1. The molecule has 2 aromatic rings. The standard InChI is InChI=1S/C13H17N3O2/c1-10(8-17)15-13(18)6-7-16-9-14-11-4-2-3-5-12(11)16/h2-5,9-10,17H,6-8H2,1H3,(H,15,18)/t10-/m0/s1. The SMILES string of the molecule is C[C@@H](CO)NC(=O)CCn1cnc2ccccc21. The first-order valence-corrected chi connectivity index (χ1v) is 6.01. The summed E-state index contributed by atoms with van der Waals surface area (Å²) in [5.41, 5.74) is 1.96. The van der Waals surface area contributed by atoms with E-state index < -0.39 is 0 Å². The van der Waals surface area contributed by atoms with Crippen LogP contribution in [0.25, 0.3) is 11.0 Å². The van der Waals surface area contributed by atoms with Gasteiger partial charge in [-0.05, 0) is 19.1 Å². The molecule has 5 heteroatoms. The molecule has 5 nitrogen and oxygen atoms in total. The number of benzene rings is 1. The zero-order chi connectivity index (χ0) is 13.0. The molecule has 0 fully saturated rings. The van der Waals surface area contributed by atoms with Gasteiger partial charge >= 0.3 is 0 Å². The van der Waals surface area contributed by atoms with Crippen molar-refractivity contribution >= 4 is 16.9 Å². The Hall–Kier alpha value is -1.88. The molecule has 0 saturated carbocycles. The Morgan fingerprint density at radius 1 is 1.50 bits per heavy atom. The van der Waals surface area contributed by atoms with Crippen molar-refractivity contribution < 1.29 is 9.90 Å². The van der Waals surface area contributed by atoms with Gasteiger partial charge in [-0.3, -0.25) is 4.79 Å². The molecular weight excluding hydrogens is 230 g/mol. The van der Waals surface area contributed by atoms with Crippen LogP contribution in [0, 0.1) is 0 Å². The predicted octanol–water partition coefficient (Wildman–Crippen LogP) is 0.923. The zero-order valence-electron chi connectivity index (χ0n) is 10.3. The Kier molecular flexibility index (Phi) is 3.94. The first kappa shape index (κ1) is 12.6. The van der Waals surface area contributed by atoms with Gasteiger partial charge in [-0.1, -0.05) is 12.1 Å². The number of aliphatic hydroxyl groups excluding tert-OH is 1. The van der Waals surface area contributed by atoms with E-state index in [0.29, 0.717) is 13.0 Å². The number of aliphatic hydroxyl groups is 1. The number of nitrogens with zero attached hydrogens (tertiary/aromatic N) is 2. The first-order chi connectivity index (χ1) is 8.70. The molecule has 96 valence electrons. The molecule has 0 aliphatic rings. The van der Waals surface area contributed by atoms with Crippen molar-refractivity contribution in [2.24, 2.45) is 0 Å². The second-order valence-electron chi connectivity index (χ2n) is 4.33. The third kappa shape index (κ3) is 2.87. The van der Waals surface area contributed by atoms with Crippen molar-refractivity contribution in [3.8, 4) is 0 Å². The van der Waals surface area contributed by atoms with Crippen LogP contribution < -0.4 is 5.32 Å². The molecule has 0 radical (unpaired) electrons. The lowest BCUT2D eigenvalue weighted by molar-refractivity contribution is -0.122. The van der Waals surface area contributed by atoms with E-state index in [9.17, 15) is 4.79 Å². The monoisotopic (exact) mass is 247 g/mol. The summed E-state index contributed by atoms with van der Waals surface area (Å²) in [4.78, 5) is 15.9. The molecule has 0 saturated heterocycles. The molecule has 1 aromatic heterocycles.